The number of hydrogen-bond donors (Lipinski definition) is 3. The molecule has 0 amide bonds. The number of rotatable bonds is 5. The molecule has 0 fully saturated rings. The molecule has 0 aliphatic heterocycles. The topological polar surface area (TPSA) is 70.6 Å². The van der Waals surface area contributed by atoms with Crippen molar-refractivity contribution in [3.8, 4) is 0 Å². The van der Waals surface area contributed by atoms with Crippen molar-refractivity contribution < 1.29 is 5.21 Å². The van der Waals surface area contributed by atoms with Crippen molar-refractivity contribution in [2.24, 2.45) is 16.3 Å². The highest BCUT2D eigenvalue weighted by atomic mass is 16.4. The molecule has 0 atom stereocenters. The Morgan fingerprint density at radius 3 is 2.67 bits per heavy atom. The van der Waals surface area contributed by atoms with Crippen molar-refractivity contribution in [3.05, 3.63) is 29.3 Å². The van der Waals surface area contributed by atoms with Crippen molar-refractivity contribution in [3.63, 3.8) is 0 Å². The molecule has 4 N–H and O–H groups in total. The minimum Gasteiger partial charge on any atom is -0.409 e. The third kappa shape index (κ3) is 3.65. The zero-order valence-corrected chi connectivity index (χ0v) is 11.6. The van der Waals surface area contributed by atoms with Crippen molar-refractivity contribution in [2.45, 2.75) is 34.1 Å². The van der Waals surface area contributed by atoms with E-state index in [4.69, 9.17) is 10.9 Å². The van der Waals surface area contributed by atoms with Gasteiger partial charge in [0, 0.05) is 17.6 Å². The molecule has 0 unspecified atom stereocenters. The lowest BCUT2D eigenvalue weighted by molar-refractivity contribution is 0.306. The third-order valence-electron chi connectivity index (χ3n) is 3.26. The summed E-state index contributed by atoms with van der Waals surface area (Å²) < 4.78 is 0. The molecule has 1 aromatic carbocycles. The molecular weight excluding hydrogens is 226 g/mol. The lowest BCUT2D eigenvalue weighted by Crippen LogP contribution is -2.33. The molecule has 0 aliphatic carbocycles. The van der Waals surface area contributed by atoms with Crippen LogP contribution in [0.15, 0.2) is 23.4 Å². The molecule has 0 saturated carbocycles. The molecule has 0 heterocycles. The molecule has 0 spiro atoms. The maximum Gasteiger partial charge on any atom is 0.144 e. The highest BCUT2D eigenvalue weighted by Gasteiger charge is 2.22. The highest BCUT2D eigenvalue weighted by Crippen LogP contribution is 2.22. The number of oxime groups is 1. The maximum atomic E-state index is 8.71. The van der Waals surface area contributed by atoms with E-state index in [1.807, 2.05) is 13.8 Å². The maximum absolute atomic E-state index is 8.71. The van der Waals surface area contributed by atoms with Crippen LogP contribution in [0, 0.1) is 19.3 Å². The summed E-state index contributed by atoms with van der Waals surface area (Å²) in [6, 6.07) is 6.33. The van der Waals surface area contributed by atoms with Crippen LogP contribution in [-0.2, 0) is 0 Å². The van der Waals surface area contributed by atoms with E-state index in [2.05, 4.69) is 42.5 Å². The van der Waals surface area contributed by atoms with Gasteiger partial charge in [0.1, 0.15) is 5.84 Å². The minimum absolute atomic E-state index is 0.269. The largest absolute Gasteiger partial charge is 0.409 e. The van der Waals surface area contributed by atoms with Crippen LogP contribution in [0.4, 0.5) is 5.69 Å². The summed E-state index contributed by atoms with van der Waals surface area (Å²) in [7, 11) is 0. The Morgan fingerprint density at radius 2 is 2.06 bits per heavy atom. The summed E-state index contributed by atoms with van der Waals surface area (Å²) in [5.41, 5.74) is 8.95. The Hall–Kier alpha value is -1.71. The summed E-state index contributed by atoms with van der Waals surface area (Å²) >= 11 is 0. The van der Waals surface area contributed by atoms with Gasteiger partial charge in [-0.05, 0) is 37.5 Å². The predicted octanol–water partition coefficient (Wildman–Crippen LogP) is 2.88. The second-order valence-corrected chi connectivity index (χ2v) is 5.36. The van der Waals surface area contributed by atoms with Gasteiger partial charge in [-0.1, -0.05) is 31.1 Å². The molecular formula is C14H23N3O. The predicted molar refractivity (Wildman–Crippen MR) is 76.2 cm³/mol. The van der Waals surface area contributed by atoms with Crippen LogP contribution in [0.3, 0.4) is 0 Å². The molecule has 4 nitrogen and oxygen atoms in total. The number of nitrogens with one attached hydrogen (secondary N) is 1. The van der Waals surface area contributed by atoms with Crippen LogP contribution in [0.5, 0.6) is 0 Å². The fraction of sp³-hybridized carbons (Fsp3) is 0.500. The fourth-order valence-corrected chi connectivity index (χ4v) is 1.70. The normalized spacial score (nSPS) is 12.6. The first-order valence-electron chi connectivity index (χ1n) is 6.16. The zero-order valence-electron chi connectivity index (χ0n) is 11.6. The number of amidine groups is 1. The molecule has 0 radical (unpaired) electrons. The first-order valence-corrected chi connectivity index (χ1v) is 6.16. The lowest BCUT2D eigenvalue weighted by Gasteiger charge is -2.23. The van der Waals surface area contributed by atoms with Crippen LogP contribution in [-0.4, -0.2) is 17.6 Å². The van der Waals surface area contributed by atoms with E-state index in [0.717, 1.165) is 18.7 Å². The quantitative estimate of drug-likeness (QED) is 0.325. The molecule has 4 heteroatoms. The smallest absolute Gasteiger partial charge is 0.144 e. The average molecular weight is 249 g/mol. The second kappa shape index (κ2) is 5.76. The Bertz CT molecular complexity index is 439. The van der Waals surface area contributed by atoms with Crippen molar-refractivity contribution in [1.82, 2.24) is 0 Å². The second-order valence-electron chi connectivity index (χ2n) is 5.36. The highest BCUT2D eigenvalue weighted by molar-refractivity contribution is 5.85. The molecule has 0 saturated heterocycles. The van der Waals surface area contributed by atoms with Crippen LogP contribution in [0.25, 0.3) is 0 Å². The molecule has 0 aromatic heterocycles. The number of anilines is 1. The number of nitrogens with two attached hydrogens (primary N) is 1. The summed E-state index contributed by atoms with van der Waals surface area (Å²) in [6.45, 7) is 8.87. The lowest BCUT2D eigenvalue weighted by atomic mass is 9.88. The fourth-order valence-electron chi connectivity index (χ4n) is 1.70. The van der Waals surface area contributed by atoms with Gasteiger partial charge in [0.25, 0.3) is 0 Å². The first kappa shape index (κ1) is 14.4. The van der Waals surface area contributed by atoms with Gasteiger partial charge in [0.2, 0.25) is 0 Å². The van der Waals surface area contributed by atoms with Gasteiger partial charge in [0.05, 0.1) is 0 Å². The van der Waals surface area contributed by atoms with Gasteiger partial charge in [-0.3, -0.25) is 0 Å². The summed E-state index contributed by atoms with van der Waals surface area (Å²) in [4.78, 5) is 0. The number of nitrogens with zero attached hydrogens (tertiary/aromatic N) is 1. The minimum atomic E-state index is -0.306. The molecule has 0 aliphatic rings. The average Bonchev–Trinajstić information content (AvgIpc) is 2.32. The third-order valence-corrected chi connectivity index (χ3v) is 3.26. The number of aryl methyl sites for hydroxylation is 2. The van der Waals surface area contributed by atoms with Gasteiger partial charge in [-0.15, -0.1) is 0 Å². The van der Waals surface area contributed by atoms with E-state index in [-0.39, 0.29) is 11.3 Å². The van der Waals surface area contributed by atoms with E-state index in [1.54, 1.807) is 0 Å². The van der Waals surface area contributed by atoms with Crippen molar-refractivity contribution in [1.29, 1.82) is 0 Å². The molecule has 100 valence electrons. The Morgan fingerprint density at radius 1 is 1.39 bits per heavy atom. The van der Waals surface area contributed by atoms with Gasteiger partial charge in [-0.2, -0.15) is 0 Å². The number of hydrogen-bond acceptors (Lipinski definition) is 3. The van der Waals surface area contributed by atoms with Crippen LogP contribution in [0.1, 0.15) is 31.4 Å². The van der Waals surface area contributed by atoms with Gasteiger partial charge in [-0.25, -0.2) is 0 Å². The summed E-state index contributed by atoms with van der Waals surface area (Å²) in [5.74, 6) is 0.269. The van der Waals surface area contributed by atoms with Gasteiger partial charge >= 0.3 is 0 Å². The zero-order chi connectivity index (χ0) is 13.8. The summed E-state index contributed by atoms with van der Waals surface area (Å²) in [5, 5.41) is 15.2. The van der Waals surface area contributed by atoms with E-state index < -0.39 is 0 Å². The van der Waals surface area contributed by atoms with Gasteiger partial charge in [0.15, 0.2) is 0 Å². The van der Waals surface area contributed by atoms with E-state index >= 15 is 0 Å². The van der Waals surface area contributed by atoms with Crippen molar-refractivity contribution in [2.75, 3.05) is 11.9 Å². The van der Waals surface area contributed by atoms with E-state index in [1.165, 1.54) is 11.1 Å². The Labute approximate surface area is 109 Å². The van der Waals surface area contributed by atoms with Crippen molar-refractivity contribution >= 4 is 11.5 Å². The van der Waals surface area contributed by atoms with Crippen LogP contribution in [0.2, 0.25) is 0 Å². The SMILES string of the molecule is Cc1ccc(C)c(NCCC(C)(C)C(N)=NO)c1. The monoisotopic (exact) mass is 249 g/mol. The first-order chi connectivity index (χ1) is 8.36. The summed E-state index contributed by atoms with van der Waals surface area (Å²) in [6.07, 6.45) is 0.802. The van der Waals surface area contributed by atoms with Crippen LogP contribution < -0.4 is 11.1 Å². The standard InChI is InChI=1S/C14H23N3O/c1-10-5-6-11(2)12(9-10)16-8-7-14(3,4)13(15)17-18/h5-6,9,16,18H,7-8H2,1-4H3,(H2,15,17). The molecule has 18 heavy (non-hydrogen) atoms. The molecule has 1 aromatic rings. The Balaban J connectivity index is 2.59. The van der Waals surface area contributed by atoms with E-state index in [9.17, 15) is 0 Å². The number of benzene rings is 1. The van der Waals surface area contributed by atoms with Crippen LogP contribution >= 0.6 is 0 Å². The Kier molecular flexibility index (Phi) is 4.59. The molecule has 1 rings (SSSR count). The van der Waals surface area contributed by atoms with Gasteiger partial charge < -0.3 is 16.3 Å². The molecule has 0 bridgehead atoms. The van der Waals surface area contributed by atoms with E-state index in [0.29, 0.717) is 0 Å².